The molecular weight excluding hydrogens is 242 g/mol. The van der Waals surface area contributed by atoms with Crippen molar-refractivity contribution in [2.24, 2.45) is 0 Å². The minimum Gasteiger partial charge on any atom is -0.390 e. The number of aliphatic hydroxyl groups excluding tert-OH is 1. The number of nitrogens with zero attached hydrogens (tertiary/aromatic N) is 2. The van der Waals surface area contributed by atoms with Gasteiger partial charge in [-0.15, -0.1) is 0 Å². The van der Waals surface area contributed by atoms with E-state index in [1.807, 2.05) is 18.2 Å². The van der Waals surface area contributed by atoms with E-state index < -0.39 is 6.10 Å². The average Bonchev–Trinajstić information content (AvgIpc) is 2.43. The molecule has 2 aromatic rings. The Hall–Kier alpha value is -1.72. The molecule has 0 aliphatic heterocycles. The van der Waals surface area contributed by atoms with Crippen LogP contribution < -0.4 is 10.9 Å². The van der Waals surface area contributed by atoms with Gasteiger partial charge in [-0.3, -0.25) is 4.79 Å². The van der Waals surface area contributed by atoms with Gasteiger partial charge >= 0.3 is 0 Å². The van der Waals surface area contributed by atoms with Gasteiger partial charge in [-0.1, -0.05) is 25.1 Å². The van der Waals surface area contributed by atoms with Crippen LogP contribution in [-0.2, 0) is 6.54 Å². The van der Waals surface area contributed by atoms with Crippen molar-refractivity contribution in [1.82, 2.24) is 15.1 Å². The Morgan fingerprint density at radius 3 is 3.00 bits per heavy atom. The fourth-order valence-corrected chi connectivity index (χ4v) is 1.97. The first-order valence-electron chi connectivity index (χ1n) is 6.56. The molecule has 1 unspecified atom stereocenters. The zero-order valence-electron chi connectivity index (χ0n) is 11.0. The Morgan fingerprint density at radius 2 is 2.21 bits per heavy atom. The zero-order valence-corrected chi connectivity index (χ0v) is 11.0. The molecule has 0 saturated heterocycles. The van der Waals surface area contributed by atoms with E-state index in [-0.39, 0.29) is 12.1 Å². The molecule has 0 saturated carbocycles. The van der Waals surface area contributed by atoms with Gasteiger partial charge in [0.25, 0.3) is 5.56 Å². The molecule has 1 heterocycles. The van der Waals surface area contributed by atoms with Crippen LogP contribution in [0.4, 0.5) is 0 Å². The standard InChI is InChI=1S/C14H19N3O2/c1-2-7-15-9-12(18)10-17-14(19)13-6-4-3-5-11(13)8-16-17/h3-6,8,12,15,18H,2,7,9-10H2,1H3. The first-order chi connectivity index (χ1) is 9.22. The quantitative estimate of drug-likeness (QED) is 0.753. The first kappa shape index (κ1) is 13.7. The van der Waals surface area contributed by atoms with Gasteiger partial charge in [0, 0.05) is 11.9 Å². The van der Waals surface area contributed by atoms with Crippen molar-refractivity contribution in [3.05, 3.63) is 40.8 Å². The SMILES string of the molecule is CCCNCC(O)Cn1ncc2ccccc2c1=O. The second-order valence-corrected chi connectivity index (χ2v) is 4.58. The summed E-state index contributed by atoms with van der Waals surface area (Å²) in [6, 6.07) is 7.33. The highest BCUT2D eigenvalue weighted by atomic mass is 16.3. The predicted molar refractivity (Wildman–Crippen MR) is 75.2 cm³/mol. The minimum absolute atomic E-state index is 0.160. The summed E-state index contributed by atoms with van der Waals surface area (Å²) < 4.78 is 1.32. The summed E-state index contributed by atoms with van der Waals surface area (Å²) in [7, 11) is 0. The number of rotatable bonds is 6. The van der Waals surface area contributed by atoms with Crippen molar-refractivity contribution >= 4 is 10.8 Å². The summed E-state index contributed by atoms with van der Waals surface area (Å²) in [5.74, 6) is 0. The lowest BCUT2D eigenvalue weighted by molar-refractivity contribution is 0.145. The third kappa shape index (κ3) is 3.39. The molecule has 5 heteroatoms. The highest BCUT2D eigenvalue weighted by Gasteiger charge is 2.08. The Bertz CT molecular complexity index is 595. The van der Waals surface area contributed by atoms with Gasteiger partial charge in [0.1, 0.15) is 0 Å². The largest absolute Gasteiger partial charge is 0.390 e. The Labute approximate surface area is 111 Å². The van der Waals surface area contributed by atoms with Crippen LogP contribution in [0.2, 0.25) is 0 Å². The lowest BCUT2D eigenvalue weighted by Crippen LogP contribution is -2.35. The molecule has 0 aliphatic carbocycles. The van der Waals surface area contributed by atoms with Crippen LogP contribution in [0.25, 0.3) is 10.8 Å². The van der Waals surface area contributed by atoms with E-state index in [0.717, 1.165) is 18.4 Å². The van der Waals surface area contributed by atoms with E-state index in [0.29, 0.717) is 11.9 Å². The van der Waals surface area contributed by atoms with E-state index in [1.165, 1.54) is 4.68 Å². The van der Waals surface area contributed by atoms with E-state index in [1.54, 1.807) is 12.3 Å². The molecule has 1 aromatic carbocycles. The monoisotopic (exact) mass is 261 g/mol. The summed E-state index contributed by atoms with van der Waals surface area (Å²) in [6.45, 7) is 3.60. The first-order valence-corrected chi connectivity index (χ1v) is 6.56. The van der Waals surface area contributed by atoms with Crippen molar-refractivity contribution in [2.45, 2.75) is 26.0 Å². The molecule has 5 nitrogen and oxygen atoms in total. The molecule has 102 valence electrons. The van der Waals surface area contributed by atoms with Crippen LogP contribution in [0.5, 0.6) is 0 Å². The molecular formula is C14H19N3O2. The van der Waals surface area contributed by atoms with Gasteiger partial charge in [-0.05, 0) is 19.0 Å². The van der Waals surface area contributed by atoms with Crippen molar-refractivity contribution in [2.75, 3.05) is 13.1 Å². The number of fused-ring (bicyclic) bond motifs is 1. The normalized spacial score (nSPS) is 12.7. The highest BCUT2D eigenvalue weighted by Crippen LogP contribution is 2.06. The number of benzene rings is 1. The molecule has 0 amide bonds. The number of aliphatic hydroxyl groups is 1. The Balaban J connectivity index is 2.13. The van der Waals surface area contributed by atoms with Crippen molar-refractivity contribution in [1.29, 1.82) is 0 Å². The molecule has 0 aliphatic rings. The summed E-state index contributed by atoms with van der Waals surface area (Å²) in [5, 5.41) is 18.5. The summed E-state index contributed by atoms with van der Waals surface area (Å²) in [5.41, 5.74) is -0.160. The van der Waals surface area contributed by atoms with Gasteiger partial charge in [0.15, 0.2) is 0 Å². The number of hydrogen-bond donors (Lipinski definition) is 2. The second kappa shape index (κ2) is 6.45. The van der Waals surface area contributed by atoms with E-state index in [2.05, 4.69) is 17.3 Å². The third-order valence-corrected chi connectivity index (χ3v) is 2.95. The summed E-state index contributed by atoms with van der Waals surface area (Å²) in [4.78, 5) is 12.2. The van der Waals surface area contributed by atoms with Crippen molar-refractivity contribution in [3.63, 3.8) is 0 Å². The van der Waals surface area contributed by atoms with Gasteiger partial charge < -0.3 is 10.4 Å². The number of hydrogen-bond acceptors (Lipinski definition) is 4. The number of nitrogens with one attached hydrogen (secondary N) is 1. The summed E-state index contributed by atoms with van der Waals surface area (Å²) >= 11 is 0. The Kier molecular flexibility index (Phi) is 4.65. The van der Waals surface area contributed by atoms with Crippen LogP contribution >= 0.6 is 0 Å². The fraction of sp³-hybridized carbons (Fsp3) is 0.429. The maximum Gasteiger partial charge on any atom is 0.274 e. The lowest BCUT2D eigenvalue weighted by Gasteiger charge is -2.12. The van der Waals surface area contributed by atoms with Gasteiger partial charge in [0.2, 0.25) is 0 Å². The van der Waals surface area contributed by atoms with Crippen molar-refractivity contribution < 1.29 is 5.11 Å². The zero-order chi connectivity index (χ0) is 13.7. The Morgan fingerprint density at radius 1 is 1.42 bits per heavy atom. The molecule has 1 aromatic heterocycles. The van der Waals surface area contributed by atoms with E-state index in [9.17, 15) is 9.90 Å². The van der Waals surface area contributed by atoms with Gasteiger partial charge in [-0.25, -0.2) is 4.68 Å². The second-order valence-electron chi connectivity index (χ2n) is 4.58. The smallest absolute Gasteiger partial charge is 0.274 e. The van der Waals surface area contributed by atoms with Crippen molar-refractivity contribution in [3.8, 4) is 0 Å². The topological polar surface area (TPSA) is 67.2 Å². The molecule has 0 spiro atoms. The maximum atomic E-state index is 12.2. The van der Waals surface area contributed by atoms with Gasteiger partial charge in [0.05, 0.1) is 24.2 Å². The predicted octanol–water partition coefficient (Wildman–Crippen LogP) is 0.757. The summed E-state index contributed by atoms with van der Waals surface area (Å²) in [6.07, 6.45) is 2.06. The highest BCUT2D eigenvalue weighted by molar-refractivity contribution is 5.80. The average molecular weight is 261 g/mol. The van der Waals surface area contributed by atoms with Crippen LogP contribution in [-0.4, -0.2) is 34.1 Å². The van der Waals surface area contributed by atoms with Crippen LogP contribution in [0.1, 0.15) is 13.3 Å². The molecule has 2 N–H and O–H groups in total. The molecule has 0 bridgehead atoms. The lowest BCUT2D eigenvalue weighted by atomic mass is 10.2. The maximum absolute atomic E-state index is 12.2. The third-order valence-electron chi connectivity index (χ3n) is 2.95. The number of aromatic nitrogens is 2. The molecule has 2 rings (SSSR count). The minimum atomic E-state index is -0.613. The molecule has 0 fully saturated rings. The van der Waals surface area contributed by atoms with Gasteiger partial charge in [-0.2, -0.15) is 5.10 Å². The van der Waals surface area contributed by atoms with Crippen LogP contribution in [0.15, 0.2) is 35.3 Å². The van der Waals surface area contributed by atoms with E-state index in [4.69, 9.17) is 0 Å². The van der Waals surface area contributed by atoms with E-state index >= 15 is 0 Å². The molecule has 0 radical (unpaired) electrons. The molecule has 19 heavy (non-hydrogen) atoms. The molecule has 1 atom stereocenters. The van der Waals surface area contributed by atoms with Crippen LogP contribution in [0, 0.1) is 0 Å². The fourth-order valence-electron chi connectivity index (χ4n) is 1.97. The van der Waals surface area contributed by atoms with Crippen LogP contribution in [0.3, 0.4) is 0 Å².